The maximum Gasteiger partial charge on any atom is 0.264 e. The van der Waals surface area contributed by atoms with Crippen LogP contribution in [0.1, 0.15) is 57.1 Å². The van der Waals surface area contributed by atoms with Gasteiger partial charge in [-0.2, -0.15) is 0 Å². The van der Waals surface area contributed by atoms with Gasteiger partial charge in [-0.1, -0.05) is 61.2 Å². The summed E-state index contributed by atoms with van der Waals surface area (Å²) in [6.07, 6.45) is 4.34. The fraction of sp³-hybridized carbons (Fsp3) is 0.394. The molecule has 3 aromatic rings. The van der Waals surface area contributed by atoms with Crippen LogP contribution in [0.2, 0.25) is 5.02 Å². The Morgan fingerprint density at radius 3 is 2.16 bits per heavy atom. The first kappa shape index (κ1) is 32.4. The molecule has 1 fully saturated rings. The van der Waals surface area contributed by atoms with Crippen molar-refractivity contribution in [2.45, 2.75) is 76.4 Å². The summed E-state index contributed by atoms with van der Waals surface area (Å²) in [5.41, 5.74) is 2.22. The Labute approximate surface area is 260 Å². The Morgan fingerprint density at radius 1 is 0.953 bits per heavy atom. The lowest BCUT2D eigenvalue weighted by Gasteiger charge is -2.33. The molecule has 2 amide bonds. The summed E-state index contributed by atoms with van der Waals surface area (Å²) >= 11 is 6.04. The van der Waals surface area contributed by atoms with Crippen LogP contribution in [-0.4, -0.2) is 50.4 Å². The predicted octanol–water partition coefficient (Wildman–Crippen LogP) is 6.11. The Balaban J connectivity index is 1.71. The lowest BCUT2D eigenvalue weighted by atomic mass is 10.1. The number of carbonyl (C=O) groups is 2. The zero-order valence-electron chi connectivity index (χ0n) is 25.0. The minimum atomic E-state index is -4.19. The van der Waals surface area contributed by atoms with Crippen molar-refractivity contribution in [2.75, 3.05) is 17.5 Å². The number of amides is 2. The highest BCUT2D eigenvalue weighted by molar-refractivity contribution is 7.92. The Morgan fingerprint density at radius 2 is 1.58 bits per heavy atom. The van der Waals surface area contributed by atoms with Crippen LogP contribution in [0.3, 0.4) is 0 Å². The molecule has 0 bridgehead atoms. The lowest BCUT2D eigenvalue weighted by molar-refractivity contribution is -0.140. The molecule has 0 unspecified atom stereocenters. The summed E-state index contributed by atoms with van der Waals surface area (Å²) in [5, 5.41) is 3.53. The number of anilines is 1. The zero-order valence-corrected chi connectivity index (χ0v) is 26.5. The molecule has 1 aliphatic rings. The largest absolute Gasteiger partial charge is 0.494 e. The fourth-order valence-electron chi connectivity index (χ4n) is 5.32. The number of halogens is 1. The summed E-state index contributed by atoms with van der Waals surface area (Å²) in [4.78, 5) is 29.3. The molecule has 1 N–H and O–H groups in total. The van der Waals surface area contributed by atoms with Crippen LogP contribution < -0.4 is 14.4 Å². The smallest absolute Gasteiger partial charge is 0.264 e. The zero-order chi connectivity index (χ0) is 31.0. The molecular weight excluding hydrogens is 586 g/mol. The second-order valence-electron chi connectivity index (χ2n) is 10.8. The summed E-state index contributed by atoms with van der Waals surface area (Å²) in [5.74, 6) is -0.125. The molecule has 8 nitrogen and oxygen atoms in total. The molecule has 0 aromatic heterocycles. The van der Waals surface area contributed by atoms with Crippen molar-refractivity contribution in [1.82, 2.24) is 10.2 Å². The van der Waals surface area contributed by atoms with Gasteiger partial charge < -0.3 is 15.0 Å². The quantitative estimate of drug-likeness (QED) is 0.247. The first-order chi connectivity index (χ1) is 20.6. The second kappa shape index (κ2) is 14.8. The summed E-state index contributed by atoms with van der Waals surface area (Å²) < 4.78 is 34.7. The van der Waals surface area contributed by atoms with E-state index in [1.54, 1.807) is 24.3 Å². The van der Waals surface area contributed by atoms with Gasteiger partial charge in [0.15, 0.2) is 0 Å². The van der Waals surface area contributed by atoms with Crippen molar-refractivity contribution in [3.05, 3.63) is 88.9 Å². The molecule has 43 heavy (non-hydrogen) atoms. The van der Waals surface area contributed by atoms with Crippen molar-refractivity contribution >= 4 is 39.1 Å². The van der Waals surface area contributed by atoms with E-state index in [1.807, 2.05) is 45.0 Å². The SMILES string of the molecule is CCOc1ccc(N(CC(=O)N(Cc2ccc(C)cc2)[C@@H](CC)C(=O)NC2CCCC2)S(=O)(=O)c2ccc(Cl)cc2)cc1. The van der Waals surface area contributed by atoms with Crippen molar-refractivity contribution in [3.8, 4) is 5.75 Å². The minimum Gasteiger partial charge on any atom is -0.494 e. The number of nitrogens with zero attached hydrogens (tertiary/aromatic N) is 2. The van der Waals surface area contributed by atoms with Crippen LogP contribution in [0, 0.1) is 6.92 Å². The molecule has 10 heteroatoms. The monoisotopic (exact) mass is 625 g/mol. The van der Waals surface area contributed by atoms with Crippen LogP contribution in [0.15, 0.2) is 77.7 Å². The van der Waals surface area contributed by atoms with Gasteiger partial charge in [0.05, 0.1) is 17.2 Å². The van der Waals surface area contributed by atoms with Gasteiger partial charge in [-0.3, -0.25) is 13.9 Å². The number of aryl methyl sites for hydroxylation is 1. The number of nitrogens with one attached hydrogen (secondary N) is 1. The fourth-order valence-corrected chi connectivity index (χ4v) is 6.86. The number of rotatable bonds is 13. The molecule has 0 radical (unpaired) electrons. The highest BCUT2D eigenvalue weighted by atomic mass is 35.5. The average molecular weight is 626 g/mol. The molecule has 1 aliphatic carbocycles. The van der Waals surface area contributed by atoms with E-state index in [2.05, 4.69) is 5.32 Å². The number of sulfonamides is 1. The summed E-state index contributed by atoms with van der Waals surface area (Å²) in [7, 11) is -4.19. The standard InChI is InChI=1S/C33H40ClN3O5S/c1-4-31(33(39)35-27-8-6-7-9-27)36(22-25-12-10-24(3)11-13-25)32(38)23-37(28-16-18-29(19-17-28)42-5-2)43(40,41)30-20-14-26(34)15-21-30/h10-21,27,31H,4-9,22-23H2,1-3H3,(H,35,39)/t31-/m0/s1. The molecule has 4 rings (SSSR count). The Hall–Kier alpha value is -3.56. The second-order valence-corrected chi connectivity index (χ2v) is 13.1. The topological polar surface area (TPSA) is 96.0 Å². The third-order valence-corrected chi connectivity index (χ3v) is 9.72. The van der Waals surface area contributed by atoms with E-state index in [1.165, 1.54) is 29.2 Å². The number of carbonyl (C=O) groups excluding carboxylic acids is 2. The van der Waals surface area contributed by atoms with Gasteiger partial charge in [0.2, 0.25) is 11.8 Å². The van der Waals surface area contributed by atoms with E-state index in [9.17, 15) is 18.0 Å². The Bertz CT molecular complexity index is 1470. The summed E-state index contributed by atoms with van der Waals surface area (Å²) in [6, 6.07) is 19.5. The molecule has 0 heterocycles. The van der Waals surface area contributed by atoms with Crippen molar-refractivity contribution in [3.63, 3.8) is 0 Å². The highest BCUT2D eigenvalue weighted by Crippen LogP contribution is 2.28. The number of hydrogen-bond acceptors (Lipinski definition) is 5. The molecule has 1 atom stereocenters. The van der Waals surface area contributed by atoms with Gasteiger partial charge in [-0.05, 0) is 87.2 Å². The van der Waals surface area contributed by atoms with Crippen LogP contribution in [0.4, 0.5) is 5.69 Å². The van der Waals surface area contributed by atoms with Gasteiger partial charge >= 0.3 is 0 Å². The van der Waals surface area contributed by atoms with E-state index in [4.69, 9.17) is 16.3 Å². The van der Waals surface area contributed by atoms with E-state index < -0.39 is 28.5 Å². The van der Waals surface area contributed by atoms with Crippen LogP contribution in [0.5, 0.6) is 5.75 Å². The molecule has 230 valence electrons. The molecular formula is C33H40ClN3O5S. The maximum absolute atomic E-state index is 14.2. The lowest BCUT2D eigenvalue weighted by Crippen LogP contribution is -2.53. The van der Waals surface area contributed by atoms with E-state index >= 15 is 0 Å². The minimum absolute atomic E-state index is 0.00492. The molecule has 0 aliphatic heterocycles. The maximum atomic E-state index is 14.2. The van der Waals surface area contributed by atoms with Gasteiger partial charge in [0.25, 0.3) is 10.0 Å². The first-order valence-corrected chi connectivity index (χ1v) is 16.6. The van der Waals surface area contributed by atoms with E-state index in [0.717, 1.165) is 41.1 Å². The molecule has 3 aromatic carbocycles. The third kappa shape index (κ3) is 8.30. The Kier molecular flexibility index (Phi) is 11.1. The van der Waals surface area contributed by atoms with Crippen molar-refractivity contribution in [2.24, 2.45) is 0 Å². The predicted molar refractivity (Wildman–Crippen MR) is 170 cm³/mol. The van der Waals surface area contributed by atoms with Crippen LogP contribution in [-0.2, 0) is 26.2 Å². The van der Waals surface area contributed by atoms with Gasteiger partial charge in [-0.25, -0.2) is 8.42 Å². The number of ether oxygens (including phenoxy) is 1. The van der Waals surface area contributed by atoms with Crippen molar-refractivity contribution < 1.29 is 22.7 Å². The van der Waals surface area contributed by atoms with Gasteiger partial charge in [0, 0.05) is 17.6 Å². The average Bonchev–Trinajstić information content (AvgIpc) is 3.50. The van der Waals surface area contributed by atoms with E-state index in [0.29, 0.717) is 29.5 Å². The summed E-state index contributed by atoms with van der Waals surface area (Å²) in [6.45, 7) is 5.82. The third-order valence-electron chi connectivity index (χ3n) is 7.68. The highest BCUT2D eigenvalue weighted by Gasteiger charge is 2.34. The van der Waals surface area contributed by atoms with Gasteiger partial charge in [0.1, 0.15) is 18.3 Å². The number of hydrogen-bond donors (Lipinski definition) is 1. The van der Waals surface area contributed by atoms with Crippen molar-refractivity contribution in [1.29, 1.82) is 0 Å². The molecule has 0 saturated heterocycles. The normalized spacial score (nSPS) is 14.2. The first-order valence-electron chi connectivity index (χ1n) is 14.8. The van der Waals surface area contributed by atoms with Crippen LogP contribution in [0.25, 0.3) is 0 Å². The van der Waals surface area contributed by atoms with Crippen LogP contribution >= 0.6 is 11.6 Å². The van der Waals surface area contributed by atoms with E-state index in [-0.39, 0.29) is 23.4 Å². The van der Waals surface area contributed by atoms with Gasteiger partial charge in [-0.15, -0.1) is 0 Å². The number of benzene rings is 3. The molecule has 1 saturated carbocycles. The molecule has 0 spiro atoms.